The van der Waals surface area contributed by atoms with Crippen molar-refractivity contribution in [2.75, 3.05) is 13.1 Å². The molecule has 0 unspecified atom stereocenters. The second kappa shape index (κ2) is 7.79. The Balaban J connectivity index is 1.16. The third-order valence-electron chi connectivity index (χ3n) is 6.88. The van der Waals surface area contributed by atoms with Crippen molar-refractivity contribution in [3.63, 3.8) is 0 Å². The van der Waals surface area contributed by atoms with Gasteiger partial charge < -0.3 is 10.6 Å². The van der Waals surface area contributed by atoms with Crippen LogP contribution in [0.4, 0.5) is 5.82 Å². The number of nitrogens with zero attached hydrogens (tertiary/aromatic N) is 6. The molecule has 0 radical (unpaired) electrons. The highest BCUT2D eigenvalue weighted by molar-refractivity contribution is 7.99. The molecule has 1 atom stereocenters. The van der Waals surface area contributed by atoms with Crippen LogP contribution >= 0.6 is 23.4 Å². The predicted molar refractivity (Wildman–Crippen MR) is 124 cm³/mol. The minimum absolute atomic E-state index is 0.0685. The number of nitrogens with two attached hydrogens (primary N) is 1. The third-order valence-corrected chi connectivity index (χ3v) is 8.27. The first-order valence-electron chi connectivity index (χ1n) is 10.8. The fourth-order valence-corrected chi connectivity index (χ4v) is 6.03. The average Bonchev–Trinajstić information content (AvgIpc) is 3.35. The molecule has 32 heavy (non-hydrogen) atoms. The van der Waals surface area contributed by atoms with Crippen molar-refractivity contribution in [1.29, 1.82) is 0 Å². The van der Waals surface area contributed by atoms with E-state index in [1.165, 1.54) is 23.0 Å². The molecule has 162 valence electrons. The lowest BCUT2D eigenvalue weighted by atomic mass is 9.73. The molecule has 9 heteroatoms. The number of aliphatic imine (C=N–C) groups is 1. The number of hydrogen-bond donors (Lipinski definition) is 1. The molecule has 3 aromatic heterocycles. The van der Waals surface area contributed by atoms with Gasteiger partial charge in [0.1, 0.15) is 10.9 Å². The van der Waals surface area contributed by atoms with Crippen LogP contribution in [-0.2, 0) is 12.8 Å². The molecule has 2 aliphatic heterocycles. The van der Waals surface area contributed by atoms with Gasteiger partial charge in [0.05, 0.1) is 23.3 Å². The van der Waals surface area contributed by atoms with Crippen molar-refractivity contribution in [2.45, 2.75) is 41.6 Å². The molecule has 6 rings (SSSR count). The minimum Gasteiger partial charge on any atom is -0.360 e. The van der Waals surface area contributed by atoms with E-state index in [1.54, 1.807) is 18.6 Å². The quantitative estimate of drug-likeness (QED) is 0.613. The molecule has 1 fully saturated rings. The highest BCUT2D eigenvalue weighted by atomic mass is 35.5. The van der Waals surface area contributed by atoms with E-state index in [0.717, 1.165) is 60.2 Å². The molecule has 7 nitrogen and oxygen atoms in total. The van der Waals surface area contributed by atoms with E-state index in [9.17, 15) is 0 Å². The summed E-state index contributed by atoms with van der Waals surface area (Å²) in [5, 5.41) is 1.38. The first-order chi connectivity index (χ1) is 15.6. The van der Waals surface area contributed by atoms with Crippen LogP contribution < -0.4 is 5.73 Å². The van der Waals surface area contributed by atoms with Gasteiger partial charge in [-0.15, -0.1) is 0 Å². The zero-order chi connectivity index (χ0) is 21.7. The van der Waals surface area contributed by atoms with E-state index in [4.69, 9.17) is 27.3 Å². The molecule has 0 bridgehead atoms. The van der Waals surface area contributed by atoms with E-state index in [-0.39, 0.29) is 11.5 Å². The van der Waals surface area contributed by atoms with Gasteiger partial charge in [0, 0.05) is 48.3 Å². The number of halogens is 1. The fourth-order valence-electron chi connectivity index (χ4n) is 5.06. The van der Waals surface area contributed by atoms with Crippen LogP contribution in [0.3, 0.4) is 0 Å². The average molecular weight is 464 g/mol. The fraction of sp³-hybridized carbons (Fsp3) is 0.348. The standard InChI is InChI=1S/C23H22ClN7S/c24-15-12-26-7-3-18(15)32-20-13-28-16-10-19(29-22(16)30-20)31-8-4-23(5-9-31)11-17-14(21(23)25)2-1-6-27-17/h1-3,6-7,12-13,21H,4-5,8-11,25H2/t21-/m1/s1. The number of pyridine rings is 2. The van der Waals surface area contributed by atoms with E-state index in [0.29, 0.717) is 10.8 Å². The molecule has 5 heterocycles. The van der Waals surface area contributed by atoms with Crippen LogP contribution in [0.25, 0.3) is 0 Å². The first kappa shape index (κ1) is 20.1. The van der Waals surface area contributed by atoms with Crippen LogP contribution in [-0.4, -0.2) is 43.8 Å². The van der Waals surface area contributed by atoms with Crippen molar-refractivity contribution < 1.29 is 0 Å². The van der Waals surface area contributed by atoms with Gasteiger partial charge in [-0.3, -0.25) is 15.0 Å². The smallest absolute Gasteiger partial charge is 0.177 e. The second-order valence-corrected chi connectivity index (χ2v) is 10.1. The molecular formula is C23H22ClN7S. The van der Waals surface area contributed by atoms with Gasteiger partial charge in [-0.25, -0.2) is 9.98 Å². The maximum absolute atomic E-state index is 6.69. The Kier molecular flexibility index (Phi) is 4.89. The van der Waals surface area contributed by atoms with Gasteiger partial charge in [-0.2, -0.15) is 0 Å². The molecule has 3 aromatic rings. The highest BCUT2D eigenvalue weighted by Gasteiger charge is 2.47. The monoisotopic (exact) mass is 463 g/mol. The summed E-state index contributed by atoms with van der Waals surface area (Å²) in [7, 11) is 0. The number of fused-ring (bicyclic) bond motifs is 2. The Morgan fingerprint density at radius 2 is 1.97 bits per heavy atom. The number of amidine groups is 1. The Morgan fingerprint density at radius 3 is 2.78 bits per heavy atom. The summed E-state index contributed by atoms with van der Waals surface area (Å²) in [6.07, 6.45) is 10.8. The summed E-state index contributed by atoms with van der Waals surface area (Å²) in [6.45, 7) is 1.89. The summed E-state index contributed by atoms with van der Waals surface area (Å²) in [4.78, 5) is 26.1. The number of hydrogen-bond acceptors (Lipinski definition) is 8. The molecule has 2 N–H and O–H groups in total. The summed E-state index contributed by atoms with van der Waals surface area (Å²) in [6, 6.07) is 6.07. The molecule has 0 saturated carbocycles. The third kappa shape index (κ3) is 3.37. The molecule has 0 amide bonds. The van der Waals surface area contributed by atoms with Crippen molar-refractivity contribution in [2.24, 2.45) is 16.1 Å². The topological polar surface area (TPSA) is 93.2 Å². The van der Waals surface area contributed by atoms with Crippen LogP contribution in [0.2, 0.25) is 5.02 Å². The lowest BCUT2D eigenvalue weighted by molar-refractivity contribution is 0.126. The Morgan fingerprint density at radius 1 is 1.09 bits per heavy atom. The van der Waals surface area contributed by atoms with Crippen LogP contribution in [0.5, 0.6) is 0 Å². The normalized spacial score (nSPS) is 20.9. The number of likely N-dealkylation sites (tertiary alicyclic amines) is 1. The van der Waals surface area contributed by atoms with Gasteiger partial charge >= 0.3 is 0 Å². The Labute approximate surface area is 195 Å². The van der Waals surface area contributed by atoms with Crippen LogP contribution in [0.15, 0.2) is 57.9 Å². The SMILES string of the molecule is N[C@@H]1c2cccnc2CC12CCN(C1=Nc3nc(Sc4ccncc4Cl)cnc3C1)CC2. The van der Waals surface area contributed by atoms with Crippen LogP contribution in [0, 0.1) is 5.41 Å². The molecule has 1 spiro atoms. The summed E-state index contributed by atoms with van der Waals surface area (Å²) in [5.41, 5.74) is 10.1. The lowest BCUT2D eigenvalue weighted by Gasteiger charge is -2.42. The maximum Gasteiger partial charge on any atom is 0.177 e. The predicted octanol–water partition coefficient (Wildman–Crippen LogP) is 4.00. The summed E-state index contributed by atoms with van der Waals surface area (Å²) >= 11 is 7.70. The van der Waals surface area contributed by atoms with Gasteiger partial charge in [-0.1, -0.05) is 29.4 Å². The van der Waals surface area contributed by atoms with E-state index < -0.39 is 0 Å². The number of piperidine rings is 1. The molecule has 1 saturated heterocycles. The summed E-state index contributed by atoms with van der Waals surface area (Å²) in [5.74, 6) is 1.77. The first-order valence-corrected chi connectivity index (χ1v) is 12.0. The van der Waals surface area contributed by atoms with Gasteiger partial charge in [0.25, 0.3) is 0 Å². The van der Waals surface area contributed by atoms with Crippen molar-refractivity contribution in [3.8, 4) is 0 Å². The molecular weight excluding hydrogens is 442 g/mol. The minimum atomic E-state index is 0.0685. The van der Waals surface area contributed by atoms with Crippen LogP contribution in [0.1, 0.15) is 35.8 Å². The molecule has 1 aliphatic carbocycles. The zero-order valence-corrected chi connectivity index (χ0v) is 19.0. The largest absolute Gasteiger partial charge is 0.360 e. The highest BCUT2D eigenvalue weighted by Crippen LogP contribution is 2.50. The van der Waals surface area contributed by atoms with Crippen molar-refractivity contribution >= 4 is 35.0 Å². The second-order valence-electron chi connectivity index (χ2n) is 8.63. The maximum atomic E-state index is 6.69. The van der Waals surface area contributed by atoms with E-state index >= 15 is 0 Å². The van der Waals surface area contributed by atoms with Gasteiger partial charge in [0.15, 0.2) is 5.82 Å². The van der Waals surface area contributed by atoms with Gasteiger partial charge in [-0.05, 0) is 42.4 Å². The molecule has 0 aromatic carbocycles. The Bertz CT molecular complexity index is 1220. The number of rotatable bonds is 2. The lowest BCUT2D eigenvalue weighted by Crippen LogP contribution is -2.46. The van der Waals surface area contributed by atoms with E-state index in [2.05, 4.69) is 25.9 Å². The van der Waals surface area contributed by atoms with Crippen molar-refractivity contribution in [1.82, 2.24) is 24.8 Å². The summed E-state index contributed by atoms with van der Waals surface area (Å²) < 4.78 is 0. The van der Waals surface area contributed by atoms with Gasteiger partial charge in [0.2, 0.25) is 0 Å². The Hall–Kier alpha value is -2.55. The number of aromatic nitrogens is 4. The van der Waals surface area contributed by atoms with Crippen molar-refractivity contribution in [3.05, 3.63) is 65.0 Å². The molecule has 3 aliphatic rings. The zero-order valence-electron chi connectivity index (χ0n) is 17.4. The van der Waals surface area contributed by atoms with E-state index in [1.807, 2.05) is 18.3 Å².